The third-order valence-electron chi connectivity index (χ3n) is 12.7. The Morgan fingerprint density at radius 3 is 0.855 bits per heavy atom. The van der Waals surface area contributed by atoms with Gasteiger partial charge in [0.25, 0.3) is 0 Å². The first kappa shape index (κ1) is 37.0. The monoisotopic (exact) mass is 718 g/mol. The molecule has 4 heteroatoms. The fourth-order valence-corrected chi connectivity index (χ4v) is 11.0. The minimum Gasteiger partial charge on any atom is -0.349 e. The minimum atomic E-state index is 0.174. The summed E-state index contributed by atoms with van der Waals surface area (Å²) in [5.74, 6) is 0. The molecule has 0 unspecified atom stereocenters. The van der Waals surface area contributed by atoms with E-state index < -0.39 is 0 Å². The van der Waals surface area contributed by atoms with Gasteiger partial charge in [-0.3, -0.25) is 0 Å². The second-order valence-electron chi connectivity index (χ2n) is 17.4. The maximum absolute atomic E-state index is 2.61. The Labute approximate surface area is 331 Å². The summed E-state index contributed by atoms with van der Waals surface area (Å²) >= 11 is 0. The van der Waals surface area contributed by atoms with Crippen molar-refractivity contribution in [2.45, 2.75) is 96.2 Å². The van der Waals surface area contributed by atoms with Gasteiger partial charge in [0.1, 0.15) is 0 Å². The van der Waals surface area contributed by atoms with Crippen molar-refractivity contribution in [1.82, 2.24) is 0 Å². The highest BCUT2D eigenvalue weighted by molar-refractivity contribution is 6.97. The molecule has 0 N–H and O–H groups in total. The molecule has 8 rings (SSSR count). The topological polar surface area (TPSA) is 6.48 Å². The Kier molecular flexibility index (Phi) is 9.39. The maximum atomic E-state index is 2.61. The molecule has 2 aliphatic rings. The summed E-state index contributed by atoms with van der Waals surface area (Å²) in [5.41, 5.74) is 30.5. The standard InChI is InChI=1S/C51H56B2N2/c1-30-17-34(5)48(35(6)18-30)52(49-36(7)19-31(2)20-37(49)8)44-13-15-46-42(25-44)27-54-29-55(46)28-43-26-45(14-16-47(43)54)53(50-38(9)21-32(3)22-39(50)10)51-40(11)23-33(4)24-41(51)12/h13-26H,27-29H2,1-12H3. The third-order valence-corrected chi connectivity index (χ3v) is 12.7. The van der Waals surface area contributed by atoms with E-state index in [2.05, 4.69) is 178 Å². The normalized spacial score (nSPS) is 13.2. The fraction of sp³-hybridized carbons (Fsp3) is 0.294. The quantitative estimate of drug-likeness (QED) is 0.163. The number of fused-ring (bicyclic) bond motifs is 6. The summed E-state index contributed by atoms with van der Waals surface area (Å²) in [5, 5.41) is 0. The predicted molar refractivity (Wildman–Crippen MR) is 242 cm³/mol. The van der Waals surface area contributed by atoms with Crippen LogP contribution < -0.4 is 42.6 Å². The van der Waals surface area contributed by atoms with E-state index in [9.17, 15) is 0 Å². The molecule has 0 saturated heterocycles. The lowest BCUT2D eigenvalue weighted by molar-refractivity contribution is 0.651. The lowest BCUT2D eigenvalue weighted by atomic mass is 9.34. The Hall–Kier alpha value is -4.95. The van der Waals surface area contributed by atoms with E-state index >= 15 is 0 Å². The van der Waals surface area contributed by atoms with Gasteiger partial charge in [0.15, 0.2) is 0 Å². The van der Waals surface area contributed by atoms with Gasteiger partial charge in [-0.05, 0) is 106 Å². The van der Waals surface area contributed by atoms with Crippen LogP contribution in [0.1, 0.15) is 77.9 Å². The first-order valence-corrected chi connectivity index (χ1v) is 20.2. The first-order valence-electron chi connectivity index (χ1n) is 20.2. The van der Waals surface area contributed by atoms with Crippen LogP contribution in [0, 0.1) is 83.1 Å². The zero-order chi connectivity index (χ0) is 39.0. The average molecular weight is 719 g/mol. The molecule has 0 aromatic heterocycles. The van der Waals surface area contributed by atoms with Gasteiger partial charge < -0.3 is 9.80 Å². The second-order valence-corrected chi connectivity index (χ2v) is 17.4. The van der Waals surface area contributed by atoms with Gasteiger partial charge in [0, 0.05) is 24.5 Å². The van der Waals surface area contributed by atoms with Gasteiger partial charge >= 0.3 is 0 Å². The number of benzene rings is 6. The van der Waals surface area contributed by atoms with Gasteiger partial charge in [0.05, 0.1) is 6.67 Å². The van der Waals surface area contributed by atoms with E-state index in [1.54, 1.807) is 0 Å². The summed E-state index contributed by atoms with van der Waals surface area (Å²) in [6.45, 7) is 30.4. The highest BCUT2D eigenvalue weighted by atomic mass is 15.4. The summed E-state index contributed by atoms with van der Waals surface area (Å²) in [4.78, 5) is 5.21. The number of nitrogens with zero attached hydrogens (tertiary/aromatic N) is 2. The van der Waals surface area contributed by atoms with Crippen LogP contribution in [0.4, 0.5) is 11.4 Å². The Balaban J connectivity index is 1.22. The van der Waals surface area contributed by atoms with Crippen molar-refractivity contribution >= 4 is 57.6 Å². The molecule has 0 aliphatic carbocycles. The molecule has 0 radical (unpaired) electrons. The summed E-state index contributed by atoms with van der Waals surface area (Å²) < 4.78 is 0. The fourth-order valence-electron chi connectivity index (χ4n) is 11.0. The average Bonchev–Trinajstić information content (AvgIpc) is 3.08. The molecule has 6 aromatic carbocycles. The van der Waals surface area contributed by atoms with Crippen molar-refractivity contribution in [3.05, 3.63) is 163 Å². The Morgan fingerprint density at radius 2 is 0.600 bits per heavy atom. The molecule has 0 atom stereocenters. The van der Waals surface area contributed by atoms with Crippen LogP contribution in [0.15, 0.2) is 84.9 Å². The number of hydrogen-bond donors (Lipinski definition) is 0. The van der Waals surface area contributed by atoms with Crippen molar-refractivity contribution in [1.29, 1.82) is 0 Å². The van der Waals surface area contributed by atoms with E-state index in [4.69, 9.17) is 0 Å². The molecule has 2 nitrogen and oxygen atoms in total. The molecule has 2 heterocycles. The van der Waals surface area contributed by atoms with E-state index in [1.807, 2.05) is 0 Å². The number of aryl methyl sites for hydroxylation is 12. The summed E-state index contributed by atoms with van der Waals surface area (Å²) in [7, 11) is 0. The van der Waals surface area contributed by atoms with Crippen LogP contribution in [0.3, 0.4) is 0 Å². The molecule has 2 bridgehead atoms. The lowest BCUT2D eigenvalue weighted by Crippen LogP contribution is -2.56. The Bertz CT molecular complexity index is 2140. The van der Waals surface area contributed by atoms with Crippen LogP contribution in [0.5, 0.6) is 0 Å². The van der Waals surface area contributed by atoms with Gasteiger partial charge in [-0.2, -0.15) is 0 Å². The zero-order valence-electron chi connectivity index (χ0n) is 35.3. The van der Waals surface area contributed by atoms with E-state index in [0.29, 0.717) is 0 Å². The Morgan fingerprint density at radius 1 is 0.345 bits per heavy atom. The molecule has 2 aliphatic heterocycles. The van der Waals surface area contributed by atoms with Crippen molar-refractivity contribution in [2.75, 3.05) is 16.5 Å². The van der Waals surface area contributed by atoms with Gasteiger partial charge in [-0.1, -0.05) is 172 Å². The molecule has 276 valence electrons. The molecule has 0 saturated carbocycles. The van der Waals surface area contributed by atoms with Crippen molar-refractivity contribution in [2.24, 2.45) is 0 Å². The molecule has 0 spiro atoms. The highest BCUT2D eigenvalue weighted by Gasteiger charge is 2.35. The van der Waals surface area contributed by atoms with E-state index in [-0.39, 0.29) is 13.4 Å². The number of rotatable bonds is 6. The number of anilines is 2. The van der Waals surface area contributed by atoms with Crippen LogP contribution in [-0.2, 0) is 13.1 Å². The third kappa shape index (κ3) is 6.52. The second kappa shape index (κ2) is 14.0. The van der Waals surface area contributed by atoms with Crippen LogP contribution in [0.25, 0.3) is 0 Å². The van der Waals surface area contributed by atoms with Crippen molar-refractivity contribution in [3.8, 4) is 0 Å². The first-order chi connectivity index (χ1) is 26.2. The molecule has 0 fully saturated rings. The van der Waals surface area contributed by atoms with Crippen molar-refractivity contribution < 1.29 is 0 Å². The minimum absolute atomic E-state index is 0.174. The molecule has 55 heavy (non-hydrogen) atoms. The van der Waals surface area contributed by atoms with Crippen LogP contribution in [-0.4, -0.2) is 20.1 Å². The molecule has 0 amide bonds. The van der Waals surface area contributed by atoms with Gasteiger partial charge in [-0.25, -0.2) is 0 Å². The molecular formula is C51H56B2N2. The van der Waals surface area contributed by atoms with Gasteiger partial charge in [-0.15, -0.1) is 0 Å². The summed E-state index contributed by atoms with van der Waals surface area (Å²) in [6, 6.07) is 33.8. The molecule has 6 aromatic rings. The number of hydrogen-bond acceptors (Lipinski definition) is 2. The SMILES string of the molecule is Cc1cc(C)c(B(c2ccc3c(c2)CN2CN3Cc3cc(B(c4c(C)cc(C)cc4C)c4c(C)cc(C)cc4C)ccc32)c2c(C)cc(C)cc2C)c(C)c1. The predicted octanol–water partition coefficient (Wildman–Crippen LogP) is 7.72. The smallest absolute Gasteiger partial charge is 0.242 e. The highest BCUT2D eigenvalue weighted by Crippen LogP contribution is 2.37. The maximum Gasteiger partial charge on any atom is 0.242 e. The van der Waals surface area contributed by atoms with Crippen LogP contribution in [0.2, 0.25) is 0 Å². The van der Waals surface area contributed by atoms with Crippen molar-refractivity contribution in [3.63, 3.8) is 0 Å². The molecular weight excluding hydrogens is 662 g/mol. The van der Waals surface area contributed by atoms with E-state index in [0.717, 1.165) is 19.8 Å². The van der Waals surface area contributed by atoms with E-state index in [1.165, 1.54) is 122 Å². The summed E-state index contributed by atoms with van der Waals surface area (Å²) in [6.07, 6.45) is 0. The lowest BCUT2D eigenvalue weighted by Gasteiger charge is -2.45. The largest absolute Gasteiger partial charge is 0.349 e. The van der Waals surface area contributed by atoms with Crippen LogP contribution >= 0.6 is 0 Å². The zero-order valence-corrected chi connectivity index (χ0v) is 35.3. The van der Waals surface area contributed by atoms with Gasteiger partial charge in [0.2, 0.25) is 13.4 Å².